The lowest BCUT2D eigenvalue weighted by molar-refractivity contribution is 0.179. The van der Waals surface area contributed by atoms with Crippen LogP contribution in [0, 0.1) is 3.57 Å². The summed E-state index contributed by atoms with van der Waals surface area (Å²) in [6.45, 7) is 0.853. The molecule has 0 radical (unpaired) electrons. The van der Waals surface area contributed by atoms with Gasteiger partial charge in [-0.1, -0.05) is 18.2 Å². The first-order chi connectivity index (χ1) is 10.2. The topological polar surface area (TPSA) is 64.2 Å². The molecular formula is C15H15IN2O3. The van der Waals surface area contributed by atoms with Crippen molar-refractivity contribution in [2.24, 2.45) is 0 Å². The summed E-state index contributed by atoms with van der Waals surface area (Å²) in [5, 5.41) is 0. The van der Waals surface area contributed by atoms with E-state index in [9.17, 15) is 4.79 Å². The molecule has 6 heteroatoms. The van der Waals surface area contributed by atoms with Crippen molar-refractivity contribution in [3.8, 4) is 5.75 Å². The molecule has 0 bridgehead atoms. The van der Waals surface area contributed by atoms with Gasteiger partial charge in [-0.25, -0.2) is 4.98 Å². The van der Waals surface area contributed by atoms with Gasteiger partial charge in [0.15, 0.2) is 0 Å². The van der Waals surface area contributed by atoms with Crippen LogP contribution in [0.2, 0.25) is 0 Å². The normalized spacial score (nSPS) is 17.1. The van der Waals surface area contributed by atoms with Gasteiger partial charge in [0, 0.05) is 7.11 Å². The first-order valence-electron chi connectivity index (χ1n) is 6.67. The highest BCUT2D eigenvalue weighted by Gasteiger charge is 2.24. The molecule has 3 rings (SSSR count). The maximum absolute atomic E-state index is 12.0. The van der Waals surface area contributed by atoms with Crippen LogP contribution >= 0.6 is 22.6 Å². The molecule has 1 aromatic heterocycles. The highest BCUT2D eigenvalue weighted by molar-refractivity contribution is 14.1. The SMILES string of the molecule is COCc1nc(C2COc3ccccc3C2)[nH]c(=O)c1I. The summed E-state index contributed by atoms with van der Waals surface area (Å²) in [5.41, 5.74) is 1.70. The van der Waals surface area contributed by atoms with E-state index in [1.165, 1.54) is 0 Å². The third-order valence-electron chi connectivity index (χ3n) is 3.50. The average Bonchev–Trinajstić information content (AvgIpc) is 2.51. The molecule has 21 heavy (non-hydrogen) atoms. The molecule has 1 aliphatic heterocycles. The molecule has 0 saturated carbocycles. The van der Waals surface area contributed by atoms with Gasteiger partial charge in [0.2, 0.25) is 0 Å². The summed E-state index contributed by atoms with van der Waals surface area (Å²) >= 11 is 2.00. The maximum atomic E-state index is 12.0. The lowest BCUT2D eigenvalue weighted by Gasteiger charge is -2.24. The van der Waals surface area contributed by atoms with Crippen LogP contribution in [0.4, 0.5) is 0 Å². The fraction of sp³-hybridized carbons (Fsp3) is 0.333. The predicted molar refractivity (Wildman–Crippen MR) is 86.7 cm³/mol. The summed E-state index contributed by atoms with van der Waals surface area (Å²) in [4.78, 5) is 19.4. The van der Waals surface area contributed by atoms with E-state index in [0.717, 1.165) is 17.7 Å². The lowest BCUT2D eigenvalue weighted by atomic mass is 9.96. The number of hydrogen-bond donors (Lipinski definition) is 1. The average molecular weight is 398 g/mol. The van der Waals surface area contributed by atoms with Crippen LogP contribution in [0.3, 0.4) is 0 Å². The number of rotatable bonds is 3. The van der Waals surface area contributed by atoms with Crippen molar-refractivity contribution in [2.45, 2.75) is 18.9 Å². The van der Waals surface area contributed by atoms with Crippen molar-refractivity contribution in [2.75, 3.05) is 13.7 Å². The van der Waals surface area contributed by atoms with Gasteiger partial charge in [-0.05, 0) is 40.6 Å². The molecule has 1 N–H and O–H groups in total. The fourth-order valence-corrected chi connectivity index (χ4v) is 2.87. The monoisotopic (exact) mass is 398 g/mol. The van der Waals surface area contributed by atoms with Crippen molar-refractivity contribution in [1.29, 1.82) is 0 Å². The smallest absolute Gasteiger partial charge is 0.264 e. The molecule has 1 atom stereocenters. The molecule has 5 nitrogen and oxygen atoms in total. The standard InChI is InChI=1S/C15H15IN2O3/c1-20-8-11-13(16)15(19)18-14(17-11)10-6-9-4-2-3-5-12(9)21-7-10/h2-5,10H,6-8H2,1H3,(H,17,18,19). The number of methoxy groups -OCH3 is 1. The largest absolute Gasteiger partial charge is 0.493 e. The summed E-state index contributed by atoms with van der Waals surface area (Å²) in [5.74, 6) is 1.64. The zero-order valence-electron chi connectivity index (χ0n) is 11.6. The molecule has 1 aliphatic rings. The van der Waals surface area contributed by atoms with E-state index in [4.69, 9.17) is 9.47 Å². The Morgan fingerprint density at radius 3 is 3.10 bits per heavy atom. The molecular weight excluding hydrogens is 383 g/mol. The van der Waals surface area contributed by atoms with Crippen molar-refractivity contribution in [3.05, 3.63) is 55.3 Å². The summed E-state index contributed by atoms with van der Waals surface area (Å²) in [6.07, 6.45) is 0.812. The Hall–Kier alpha value is -1.41. The van der Waals surface area contributed by atoms with Crippen LogP contribution in [0.15, 0.2) is 29.1 Å². The van der Waals surface area contributed by atoms with E-state index in [1.807, 2.05) is 46.9 Å². The molecule has 0 aliphatic carbocycles. The minimum absolute atomic E-state index is 0.0557. The molecule has 1 unspecified atom stereocenters. The number of H-pyrrole nitrogens is 1. The van der Waals surface area contributed by atoms with Crippen LogP contribution in [0.5, 0.6) is 5.75 Å². The van der Waals surface area contributed by atoms with Crippen LogP contribution in [-0.2, 0) is 17.8 Å². The van der Waals surface area contributed by atoms with Crippen LogP contribution in [0.25, 0.3) is 0 Å². The molecule has 0 amide bonds. The van der Waals surface area contributed by atoms with Crippen molar-refractivity contribution >= 4 is 22.6 Å². The number of ether oxygens (including phenoxy) is 2. The van der Waals surface area contributed by atoms with E-state index in [-0.39, 0.29) is 11.5 Å². The number of aromatic nitrogens is 2. The van der Waals surface area contributed by atoms with E-state index in [2.05, 4.69) is 9.97 Å². The Bertz CT molecular complexity index is 714. The number of hydrogen-bond acceptors (Lipinski definition) is 4. The second kappa shape index (κ2) is 6.15. The minimum atomic E-state index is -0.119. The van der Waals surface area contributed by atoms with Crippen molar-refractivity contribution in [1.82, 2.24) is 9.97 Å². The van der Waals surface area contributed by atoms with Gasteiger partial charge < -0.3 is 14.5 Å². The molecule has 0 fully saturated rings. The molecule has 0 saturated heterocycles. The van der Waals surface area contributed by atoms with Crippen LogP contribution in [-0.4, -0.2) is 23.7 Å². The number of nitrogens with zero attached hydrogens (tertiary/aromatic N) is 1. The molecule has 110 valence electrons. The number of benzene rings is 1. The fourth-order valence-electron chi connectivity index (χ4n) is 2.45. The Labute approximate surface area is 135 Å². The lowest BCUT2D eigenvalue weighted by Crippen LogP contribution is -2.26. The zero-order valence-corrected chi connectivity index (χ0v) is 13.7. The number of fused-ring (bicyclic) bond motifs is 1. The first kappa shape index (κ1) is 14.5. The van der Waals surface area contributed by atoms with Gasteiger partial charge in [-0.15, -0.1) is 0 Å². The Morgan fingerprint density at radius 2 is 2.29 bits per heavy atom. The number of nitrogens with one attached hydrogen (secondary N) is 1. The van der Waals surface area contributed by atoms with Gasteiger partial charge in [0.05, 0.1) is 24.8 Å². The summed E-state index contributed by atoms with van der Waals surface area (Å²) in [7, 11) is 1.60. The van der Waals surface area contributed by atoms with Crippen LogP contribution in [0.1, 0.15) is 23.0 Å². The highest BCUT2D eigenvalue weighted by atomic mass is 127. The maximum Gasteiger partial charge on any atom is 0.264 e. The third-order valence-corrected chi connectivity index (χ3v) is 4.61. The Morgan fingerprint density at radius 1 is 1.48 bits per heavy atom. The van der Waals surface area contributed by atoms with Gasteiger partial charge >= 0.3 is 0 Å². The zero-order chi connectivity index (χ0) is 14.8. The van der Waals surface area contributed by atoms with Crippen molar-refractivity contribution < 1.29 is 9.47 Å². The number of halogens is 1. The van der Waals surface area contributed by atoms with E-state index in [1.54, 1.807) is 7.11 Å². The van der Waals surface area contributed by atoms with Crippen LogP contribution < -0.4 is 10.3 Å². The Balaban J connectivity index is 1.93. The van der Waals surface area contributed by atoms with E-state index in [0.29, 0.717) is 28.3 Å². The van der Waals surface area contributed by atoms with Gasteiger partial charge in [-0.2, -0.15) is 0 Å². The minimum Gasteiger partial charge on any atom is -0.493 e. The highest BCUT2D eigenvalue weighted by Crippen LogP contribution is 2.30. The molecule has 2 heterocycles. The second-order valence-corrected chi connectivity index (χ2v) is 6.04. The van der Waals surface area contributed by atoms with E-state index < -0.39 is 0 Å². The molecule has 2 aromatic rings. The predicted octanol–water partition coefficient (Wildman–Crippen LogP) is 2.24. The summed E-state index contributed by atoms with van der Waals surface area (Å²) in [6, 6.07) is 7.96. The van der Waals surface area contributed by atoms with Crippen molar-refractivity contribution in [3.63, 3.8) is 0 Å². The Kier molecular flexibility index (Phi) is 4.25. The second-order valence-electron chi connectivity index (χ2n) is 4.96. The third kappa shape index (κ3) is 2.96. The molecule has 1 aromatic carbocycles. The number of para-hydroxylation sites is 1. The van der Waals surface area contributed by atoms with Gasteiger partial charge in [0.1, 0.15) is 15.1 Å². The quantitative estimate of drug-likeness (QED) is 0.806. The molecule has 0 spiro atoms. The van der Waals surface area contributed by atoms with Gasteiger partial charge in [0.25, 0.3) is 5.56 Å². The number of aromatic amines is 1. The van der Waals surface area contributed by atoms with Gasteiger partial charge in [-0.3, -0.25) is 4.79 Å². The first-order valence-corrected chi connectivity index (χ1v) is 7.75. The van der Waals surface area contributed by atoms with E-state index >= 15 is 0 Å². The summed E-state index contributed by atoms with van der Waals surface area (Å²) < 4.78 is 11.5.